The summed E-state index contributed by atoms with van der Waals surface area (Å²) in [6, 6.07) is 6.01. The molecular formula is C25H27FN2O3. The van der Waals surface area contributed by atoms with E-state index in [2.05, 4.69) is 17.9 Å². The highest BCUT2D eigenvalue weighted by Gasteiger charge is 2.45. The SMILES string of the molecule is COC1=CC2=C3C(C#N)=C(c4cc(C)c(O)c(C)c4)C(C)N3C(C)C=C2C(F)C1OC. The van der Waals surface area contributed by atoms with Gasteiger partial charge in [0.2, 0.25) is 0 Å². The quantitative estimate of drug-likeness (QED) is 0.779. The summed E-state index contributed by atoms with van der Waals surface area (Å²) in [5.74, 6) is 0.662. The predicted molar refractivity (Wildman–Crippen MR) is 117 cm³/mol. The third kappa shape index (κ3) is 2.99. The van der Waals surface area contributed by atoms with E-state index in [1.807, 2.05) is 39.0 Å². The highest BCUT2D eigenvalue weighted by Crippen LogP contribution is 2.49. The van der Waals surface area contributed by atoms with E-state index in [4.69, 9.17) is 9.47 Å². The van der Waals surface area contributed by atoms with Gasteiger partial charge in [0.15, 0.2) is 6.17 Å². The number of nitrogens with zero attached hydrogens (tertiary/aromatic N) is 2. The van der Waals surface area contributed by atoms with E-state index in [0.717, 1.165) is 28.0 Å². The molecule has 0 saturated heterocycles. The molecule has 4 rings (SSSR count). The van der Waals surface area contributed by atoms with Crippen LogP contribution in [0.4, 0.5) is 4.39 Å². The highest BCUT2D eigenvalue weighted by atomic mass is 19.1. The molecule has 0 aromatic heterocycles. The number of nitriles is 1. The summed E-state index contributed by atoms with van der Waals surface area (Å²) < 4.78 is 26.2. The lowest BCUT2D eigenvalue weighted by molar-refractivity contribution is 0.0300. The molecule has 2 aliphatic heterocycles. The van der Waals surface area contributed by atoms with E-state index in [9.17, 15) is 10.4 Å². The maximum Gasteiger partial charge on any atom is 0.159 e. The second-order valence-corrected chi connectivity index (χ2v) is 8.38. The fourth-order valence-electron chi connectivity index (χ4n) is 5.14. The Morgan fingerprint density at radius 3 is 2.35 bits per heavy atom. The van der Waals surface area contributed by atoms with Crippen LogP contribution in [-0.2, 0) is 9.47 Å². The zero-order valence-corrected chi connectivity index (χ0v) is 18.7. The lowest BCUT2D eigenvalue weighted by Crippen LogP contribution is -2.42. The van der Waals surface area contributed by atoms with Crippen molar-refractivity contribution in [3.05, 3.63) is 69.2 Å². The van der Waals surface area contributed by atoms with Crippen LogP contribution >= 0.6 is 0 Å². The Morgan fingerprint density at radius 1 is 1.16 bits per heavy atom. The Bertz CT molecular complexity index is 1100. The molecule has 31 heavy (non-hydrogen) atoms. The molecule has 3 aliphatic rings. The van der Waals surface area contributed by atoms with Gasteiger partial charge in [0, 0.05) is 24.3 Å². The van der Waals surface area contributed by atoms with Gasteiger partial charge in [0.05, 0.1) is 24.4 Å². The topological polar surface area (TPSA) is 65.7 Å². The fraction of sp³-hybridized carbons (Fsp3) is 0.400. The van der Waals surface area contributed by atoms with E-state index < -0.39 is 12.3 Å². The minimum atomic E-state index is -1.38. The maximum absolute atomic E-state index is 15.5. The largest absolute Gasteiger partial charge is 0.507 e. The normalized spacial score (nSPS) is 27.5. The number of allylic oxidation sites excluding steroid dienone is 3. The molecule has 0 fully saturated rings. The monoisotopic (exact) mass is 422 g/mol. The first-order valence-corrected chi connectivity index (χ1v) is 10.4. The molecule has 0 radical (unpaired) electrons. The summed E-state index contributed by atoms with van der Waals surface area (Å²) in [5, 5.41) is 20.4. The molecule has 0 saturated carbocycles. The average Bonchev–Trinajstić information content (AvgIpc) is 3.05. The van der Waals surface area contributed by atoms with E-state index in [0.29, 0.717) is 22.5 Å². The number of aromatic hydroxyl groups is 1. The number of benzene rings is 1. The second-order valence-electron chi connectivity index (χ2n) is 8.38. The number of hydrogen-bond acceptors (Lipinski definition) is 5. The van der Waals surface area contributed by atoms with Crippen LogP contribution in [0, 0.1) is 25.2 Å². The first-order chi connectivity index (χ1) is 14.7. The van der Waals surface area contributed by atoms with Crippen molar-refractivity contribution >= 4 is 5.57 Å². The number of phenolic OH excluding ortho intramolecular Hbond substituents is 1. The minimum Gasteiger partial charge on any atom is -0.507 e. The summed E-state index contributed by atoms with van der Waals surface area (Å²) in [7, 11) is 2.96. The maximum atomic E-state index is 15.5. The van der Waals surface area contributed by atoms with Gasteiger partial charge in [-0.15, -0.1) is 0 Å². The van der Waals surface area contributed by atoms with Gasteiger partial charge in [-0.25, -0.2) is 4.39 Å². The van der Waals surface area contributed by atoms with Crippen LogP contribution in [0.2, 0.25) is 0 Å². The van der Waals surface area contributed by atoms with Crippen molar-refractivity contribution < 1.29 is 19.0 Å². The number of aryl methyl sites for hydroxylation is 2. The Hall–Kier alpha value is -3.04. The number of rotatable bonds is 3. The highest BCUT2D eigenvalue weighted by molar-refractivity contribution is 5.85. The molecule has 5 nitrogen and oxygen atoms in total. The Labute approximate surface area is 182 Å². The number of methoxy groups -OCH3 is 2. The smallest absolute Gasteiger partial charge is 0.159 e. The number of halogens is 1. The zero-order valence-electron chi connectivity index (χ0n) is 18.7. The molecule has 0 amide bonds. The van der Waals surface area contributed by atoms with E-state index in [1.165, 1.54) is 14.2 Å². The zero-order chi connectivity index (χ0) is 22.6. The van der Waals surface area contributed by atoms with Gasteiger partial charge in [-0.3, -0.25) is 0 Å². The standard InChI is InChI=1S/C25H27FN2O3/c1-12-7-16(8-13(2)24(12)29)21-15(4)28-14(3)9-17-18(23(28)19(21)11-27)10-20(30-5)25(31-6)22(17)26/h7-10,14-15,22,25,29H,1-6H3. The number of alkyl halides is 1. The molecule has 162 valence electrons. The lowest BCUT2D eigenvalue weighted by atomic mass is 9.84. The van der Waals surface area contributed by atoms with Gasteiger partial charge < -0.3 is 19.5 Å². The Kier molecular flexibility index (Phi) is 5.18. The first-order valence-electron chi connectivity index (χ1n) is 10.4. The molecular weight excluding hydrogens is 395 g/mol. The van der Waals surface area contributed by atoms with Crippen molar-refractivity contribution in [1.29, 1.82) is 5.26 Å². The van der Waals surface area contributed by atoms with Crippen LogP contribution in [0.1, 0.15) is 30.5 Å². The molecule has 4 atom stereocenters. The Balaban J connectivity index is 2.01. The molecule has 1 aliphatic carbocycles. The van der Waals surface area contributed by atoms with Gasteiger partial charge in [-0.05, 0) is 68.2 Å². The lowest BCUT2D eigenvalue weighted by Gasteiger charge is -2.40. The van der Waals surface area contributed by atoms with Crippen molar-refractivity contribution in [2.45, 2.75) is 52.1 Å². The number of fused-ring (bicyclic) bond motifs is 2. The summed E-state index contributed by atoms with van der Waals surface area (Å²) in [6.45, 7) is 7.77. The van der Waals surface area contributed by atoms with Crippen molar-refractivity contribution in [2.24, 2.45) is 0 Å². The van der Waals surface area contributed by atoms with Crippen molar-refractivity contribution in [3.8, 4) is 11.8 Å². The van der Waals surface area contributed by atoms with E-state index in [1.54, 1.807) is 6.08 Å². The third-order valence-electron chi connectivity index (χ3n) is 6.56. The molecule has 6 heteroatoms. The van der Waals surface area contributed by atoms with E-state index in [-0.39, 0.29) is 17.8 Å². The van der Waals surface area contributed by atoms with Crippen LogP contribution in [0.25, 0.3) is 5.57 Å². The summed E-state index contributed by atoms with van der Waals surface area (Å²) in [5.41, 5.74) is 5.75. The Morgan fingerprint density at radius 2 is 1.81 bits per heavy atom. The van der Waals surface area contributed by atoms with E-state index >= 15 is 4.39 Å². The number of phenols is 1. The van der Waals surface area contributed by atoms with Crippen LogP contribution in [0.3, 0.4) is 0 Å². The van der Waals surface area contributed by atoms with Gasteiger partial charge >= 0.3 is 0 Å². The van der Waals surface area contributed by atoms with Crippen LogP contribution in [-0.4, -0.2) is 48.6 Å². The van der Waals surface area contributed by atoms with Crippen molar-refractivity contribution in [1.82, 2.24) is 4.90 Å². The first kappa shape index (κ1) is 21.2. The molecule has 0 spiro atoms. The van der Waals surface area contributed by atoms with Crippen LogP contribution in [0.5, 0.6) is 5.75 Å². The fourth-order valence-corrected chi connectivity index (χ4v) is 5.14. The van der Waals surface area contributed by atoms with Crippen LogP contribution < -0.4 is 0 Å². The third-order valence-corrected chi connectivity index (χ3v) is 6.56. The van der Waals surface area contributed by atoms with Crippen LogP contribution in [0.15, 0.2) is 52.5 Å². The van der Waals surface area contributed by atoms with Crippen molar-refractivity contribution in [3.63, 3.8) is 0 Å². The predicted octanol–water partition coefficient (Wildman–Crippen LogP) is 4.47. The minimum absolute atomic E-state index is 0.0918. The summed E-state index contributed by atoms with van der Waals surface area (Å²) in [6.07, 6.45) is 1.52. The van der Waals surface area contributed by atoms with Gasteiger partial charge in [0.1, 0.15) is 23.7 Å². The number of hydrogen-bond donors (Lipinski definition) is 1. The van der Waals surface area contributed by atoms with Gasteiger partial charge in [-0.1, -0.05) is 6.08 Å². The summed E-state index contributed by atoms with van der Waals surface area (Å²) >= 11 is 0. The summed E-state index contributed by atoms with van der Waals surface area (Å²) in [4.78, 5) is 2.16. The molecule has 2 heterocycles. The number of ether oxygens (including phenoxy) is 2. The molecule has 0 bridgehead atoms. The average molecular weight is 423 g/mol. The van der Waals surface area contributed by atoms with Crippen molar-refractivity contribution in [2.75, 3.05) is 14.2 Å². The molecule has 1 aromatic rings. The molecule has 4 unspecified atom stereocenters. The molecule has 1 N–H and O–H groups in total. The second kappa shape index (κ2) is 7.58. The van der Waals surface area contributed by atoms with Gasteiger partial charge in [-0.2, -0.15) is 5.26 Å². The van der Waals surface area contributed by atoms with Gasteiger partial charge in [0.25, 0.3) is 0 Å². The molecule has 1 aromatic carbocycles.